The van der Waals surface area contributed by atoms with E-state index in [1.165, 1.54) is 0 Å². The van der Waals surface area contributed by atoms with E-state index in [2.05, 4.69) is 12.2 Å². The number of phenolic OH excluding ortho intramolecular Hbond substituents is 1. The van der Waals surface area contributed by atoms with Crippen LogP contribution in [0.15, 0.2) is 24.3 Å². The summed E-state index contributed by atoms with van der Waals surface area (Å²) in [4.78, 5) is 12.0. The summed E-state index contributed by atoms with van der Waals surface area (Å²) in [5, 5.41) is 12.7. The maximum Gasteiger partial charge on any atom is 0.220 e. The highest BCUT2D eigenvalue weighted by Gasteiger charge is 2.28. The third-order valence-electron chi connectivity index (χ3n) is 3.65. The zero-order chi connectivity index (χ0) is 13.7. The van der Waals surface area contributed by atoms with Crippen molar-refractivity contribution >= 4 is 5.91 Å². The summed E-state index contributed by atoms with van der Waals surface area (Å²) < 4.78 is 5.31. The summed E-state index contributed by atoms with van der Waals surface area (Å²) in [5.74, 6) is 0.292. The Balaban J connectivity index is 1.83. The Morgan fingerprint density at radius 1 is 1.37 bits per heavy atom. The van der Waals surface area contributed by atoms with Gasteiger partial charge in [0.05, 0.1) is 0 Å². The molecule has 1 aromatic rings. The van der Waals surface area contributed by atoms with Crippen LogP contribution in [-0.2, 0) is 16.0 Å². The van der Waals surface area contributed by atoms with E-state index in [1.54, 1.807) is 12.1 Å². The highest BCUT2D eigenvalue weighted by molar-refractivity contribution is 5.77. The summed E-state index contributed by atoms with van der Waals surface area (Å²) in [7, 11) is 0. The smallest absolute Gasteiger partial charge is 0.220 e. The second-order valence-corrected chi connectivity index (χ2v) is 5.35. The van der Waals surface area contributed by atoms with Crippen molar-refractivity contribution in [3.63, 3.8) is 0 Å². The molecule has 104 valence electrons. The maximum atomic E-state index is 12.0. The predicted octanol–water partition coefficient (Wildman–Crippen LogP) is 2.01. The first kappa shape index (κ1) is 13.9. The van der Waals surface area contributed by atoms with Gasteiger partial charge in [-0.3, -0.25) is 4.79 Å². The number of nitrogens with one attached hydrogen (secondary N) is 1. The number of rotatable bonds is 4. The van der Waals surface area contributed by atoms with Crippen molar-refractivity contribution in [3.8, 4) is 5.75 Å². The van der Waals surface area contributed by atoms with Crippen LogP contribution in [0, 0.1) is 0 Å². The Morgan fingerprint density at radius 2 is 2.05 bits per heavy atom. The molecule has 1 heterocycles. The van der Waals surface area contributed by atoms with Gasteiger partial charge in [-0.25, -0.2) is 0 Å². The number of amides is 1. The van der Waals surface area contributed by atoms with Crippen LogP contribution in [0.25, 0.3) is 0 Å². The molecule has 0 unspecified atom stereocenters. The number of aryl methyl sites for hydroxylation is 1. The number of carbonyl (C=O) groups excluding carboxylic acids is 1. The van der Waals surface area contributed by atoms with Crippen molar-refractivity contribution < 1.29 is 14.6 Å². The number of carbonyl (C=O) groups is 1. The Hall–Kier alpha value is -1.55. The molecule has 1 aliphatic rings. The predicted molar refractivity (Wildman–Crippen MR) is 73.0 cm³/mol. The lowest BCUT2D eigenvalue weighted by Gasteiger charge is -2.34. The molecule has 0 atom stereocenters. The van der Waals surface area contributed by atoms with Gasteiger partial charge in [-0.2, -0.15) is 0 Å². The molecule has 0 spiro atoms. The highest BCUT2D eigenvalue weighted by atomic mass is 16.5. The highest BCUT2D eigenvalue weighted by Crippen LogP contribution is 2.21. The Bertz CT molecular complexity index is 439. The van der Waals surface area contributed by atoms with E-state index in [1.807, 2.05) is 12.1 Å². The third-order valence-corrected chi connectivity index (χ3v) is 3.65. The molecule has 1 aliphatic heterocycles. The van der Waals surface area contributed by atoms with Gasteiger partial charge in [0.15, 0.2) is 0 Å². The number of aromatic hydroxyl groups is 1. The molecule has 19 heavy (non-hydrogen) atoms. The van der Waals surface area contributed by atoms with Crippen molar-refractivity contribution in [1.82, 2.24) is 5.32 Å². The molecule has 1 saturated heterocycles. The van der Waals surface area contributed by atoms with Gasteiger partial charge < -0.3 is 15.2 Å². The quantitative estimate of drug-likeness (QED) is 0.873. The van der Waals surface area contributed by atoms with Crippen molar-refractivity contribution in [2.75, 3.05) is 13.2 Å². The monoisotopic (exact) mass is 263 g/mol. The molecular weight excluding hydrogens is 242 g/mol. The van der Waals surface area contributed by atoms with Gasteiger partial charge in [-0.15, -0.1) is 0 Å². The molecule has 1 amide bonds. The minimum absolute atomic E-state index is 0.0349. The second-order valence-electron chi connectivity index (χ2n) is 5.35. The van der Waals surface area contributed by atoms with Crippen LogP contribution in [0.1, 0.15) is 31.7 Å². The summed E-state index contributed by atoms with van der Waals surface area (Å²) in [6.45, 7) is 3.47. The van der Waals surface area contributed by atoms with Crippen LogP contribution < -0.4 is 5.32 Å². The van der Waals surface area contributed by atoms with Crippen molar-refractivity contribution in [2.45, 2.75) is 38.1 Å². The minimum Gasteiger partial charge on any atom is -0.508 e. The van der Waals surface area contributed by atoms with E-state index in [9.17, 15) is 9.90 Å². The topological polar surface area (TPSA) is 58.6 Å². The number of hydrogen-bond donors (Lipinski definition) is 2. The average molecular weight is 263 g/mol. The summed E-state index contributed by atoms with van der Waals surface area (Å²) in [6.07, 6.45) is 2.67. The van der Waals surface area contributed by atoms with Crippen LogP contribution in [0.3, 0.4) is 0 Å². The van der Waals surface area contributed by atoms with E-state index in [0.29, 0.717) is 26.1 Å². The number of ether oxygens (including phenoxy) is 1. The molecule has 1 aromatic carbocycles. The summed E-state index contributed by atoms with van der Waals surface area (Å²) >= 11 is 0. The van der Waals surface area contributed by atoms with Crippen LogP contribution in [0.4, 0.5) is 0 Å². The molecule has 0 aromatic heterocycles. The van der Waals surface area contributed by atoms with Gasteiger partial charge in [0.1, 0.15) is 5.75 Å². The lowest BCUT2D eigenvalue weighted by molar-refractivity contribution is -0.123. The molecule has 2 N–H and O–H groups in total. The molecule has 4 heteroatoms. The normalized spacial score (nSPS) is 17.9. The zero-order valence-electron chi connectivity index (χ0n) is 11.3. The van der Waals surface area contributed by atoms with Crippen LogP contribution in [-0.4, -0.2) is 29.8 Å². The number of phenols is 1. The summed E-state index contributed by atoms with van der Waals surface area (Å²) in [5.41, 5.74) is 0.670. The van der Waals surface area contributed by atoms with Gasteiger partial charge in [0.25, 0.3) is 0 Å². The van der Waals surface area contributed by atoms with E-state index >= 15 is 0 Å². The molecule has 1 fully saturated rings. The van der Waals surface area contributed by atoms with Gasteiger partial charge >= 0.3 is 0 Å². The SMILES string of the molecule is CC1(NC(=O)CCc2ccccc2O)CCOCC1. The molecular formula is C15H21NO3. The largest absolute Gasteiger partial charge is 0.508 e. The summed E-state index contributed by atoms with van der Waals surface area (Å²) in [6, 6.07) is 7.14. The number of hydrogen-bond acceptors (Lipinski definition) is 3. The Kier molecular flexibility index (Phi) is 4.43. The third kappa shape index (κ3) is 3.96. The van der Waals surface area contributed by atoms with Crippen molar-refractivity contribution in [1.29, 1.82) is 0 Å². The van der Waals surface area contributed by atoms with Crippen LogP contribution >= 0.6 is 0 Å². The standard InChI is InChI=1S/C15H21NO3/c1-15(8-10-19-11-9-15)16-14(18)7-6-12-4-2-3-5-13(12)17/h2-5,17H,6-11H2,1H3,(H,16,18). The first-order chi connectivity index (χ1) is 9.09. The Labute approximate surface area is 113 Å². The minimum atomic E-state index is -0.145. The molecule has 2 rings (SSSR count). The molecule has 0 aliphatic carbocycles. The van der Waals surface area contributed by atoms with E-state index < -0.39 is 0 Å². The fourth-order valence-corrected chi connectivity index (χ4v) is 2.32. The van der Waals surface area contributed by atoms with E-state index in [4.69, 9.17) is 4.74 Å². The van der Waals surface area contributed by atoms with E-state index in [0.717, 1.165) is 18.4 Å². The van der Waals surface area contributed by atoms with Crippen molar-refractivity contribution in [2.24, 2.45) is 0 Å². The molecule has 0 bridgehead atoms. The molecule has 0 radical (unpaired) electrons. The van der Waals surface area contributed by atoms with E-state index in [-0.39, 0.29) is 17.2 Å². The molecule has 0 saturated carbocycles. The van der Waals surface area contributed by atoms with Crippen molar-refractivity contribution in [3.05, 3.63) is 29.8 Å². The fourth-order valence-electron chi connectivity index (χ4n) is 2.32. The fraction of sp³-hybridized carbons (Fsp3) is 0.533. The lowest BCUT2D eigenvalue weighted by atomic mass is 9.92. The first-order valence-corrected chi connectivity index (χ1v) is 6.75. The van der Waals surface area contributed by atoms with Gasteiger partial charge in [0.2, 0.25) is 5.91 Å². The van der Waals surface area contributed by atoms with Gasteiger partial charge in [-0.05, 0) is 37.8 Å². The zero-order valence-corrected chi connectivity index (χ0v) is 11.3. The average Bonchev–Trinajstić information content (AvgIpc) is 2.38. The Morgan fingerprint density at radius 3 is 2.74 bits per heavy atom. The number of benzene rings is 1. The number of para-hydroxylation sites is 1. The van der Waals surface area contributed by atoms with Crippen LogP contribution in [0.2, 0.25) is 0 Å². The second kappa shape index (κ2) is 6.06. The lowest BCUT2D eigenvalue weighted by Crippen LogP contribution is -2.49. The first-order valence-electron chi connectivity index (χ1n) is 6.75. The molecule has 4 nitrogen and oxygen atoms in total. The van der Waals surface area contributed by atoms with Gasteiger partial charge in [-0.1, -0.05) is 18.2 Å². The maximum absolute atomic E-state index is 12.0. The van der Waals surface area contributed by atoms with Gasteiger partial charge in [0, 0.05) is 25.2 Å². The van der Waals surface area contributed by atoms with Crippen LogP contribution in [0.5, 0.6) is 5.75 Å².